The van der Waals surface area contributed by atoms with Crippen molar-refractivity contribution in [1.82, 2.24) is 0 Å². The number of carboxylic acids is 1. The lowest BCUT2D eigenvalue weighted by molar-refractivity contribution is -0.306. The zero-order valence-corrected chi connectivity index (χ0v) is 4.25. The van der Waals surface area contributed by atoms with E-state index in [9.17, 15) is 14.7 Å². The molecule has 0 aliphatic carbocycles. The van der Waals surface area contributed by atoms with Crippen molar-refractivity contribution in [2.45, 2.75) is 13.0 Å². The molecule has 4 heteroatoms. The Kier molecular flexibility index (Phi) is 2.51. The molecular weight excluding hydrogens is 110 g/mol. The fourth-order valence-corrected chi connectivity index (χ4v) is 0.132. The van der Waals surface area contributed by atoms with Gasteiger partial charge in [-0.2, -0.15) is 4.99 Å². The Morgan fingerprint density at radius 2 is 2.38 bits per heavy atom. The molecular formula is C4H4NO3-. The van der Waals surface area contributed by atoms with E-state index < -0.39 is 12.0 Å². The van der Waals surface area contributed by atoms with Gasteiger partial charge in [0.05, 0.1) is 12.0 Å². The molecule has 44 valence electrons. The first-order chi connectivity index (χ1) is 3.68. The summed E-state index contributed by atoms with van der Waals surface area (Å²) < 4.78 is 0. The van der Waals surface area contributed by atoms with Gasteiger partial charge in [-0.3, -0.25) is 0 Å². The van der Waals surface area contributed by atoms with E-state index in [4.69, 9.17) is 0 Å². The molecule has 1 unspecified atom stereocenters. The molecule has 0 aliphatic heterocycles. The number of nitrogens with zero attached hydrogens (tertiary/aromatic N) is 1. The lowest BCUT2D eigenvalue weighted by atomic mass is 10.4. The van der Waals surface area contributed by atoms with Gasteiger partial charge in [-0.25, -0.2) is 4.79 Å². The second kappa shape index (κ2) is 2.93. The third kappa shape index (κ3) is 2.10. The van der Waals surface area contributed by atoms with Gasteiger partial charge < -0.3 is 9.90 Å². The van der Waals surface area contributed by atoms with Gasteiger partial charge in [0.1, 0.15) is 0 Å². The molecule has 1 atom stereocenters. The molecule has 8 heavy (non-hydrogen) atoms. The van der Waals surface area contributed by atoms with Crippen molar-refractivity contribution in [3.8, 4) is 0 Å². The summed E-state index contributed by atoms with van der Waals surface area (Å²) in [7, 11) is 0. The lowest BCUT2D eigenvalue weighted by Crippen LogP contribution is -2.32. The predicted molar refractivity (Wildman–Crippen MR) is 22.6 cm³/mol. The number of aliphatic imine (C=N–C) groups is 1. The quantitative estimate of drug-likeness (QED) is 0.322. The van der Waals surface area contributed by atoms with Crippen LogP contribution >= 0.6 is 0 Å². The van der Waals surface area contributed by atoms with Crippen molar-refractivity contribution in [2.24, 2.45) is 4.99 Å². The van der Waals surface area contributed by atoms with Gasteiger partial charge in [0.15, 0.2) is 0 Å². The molecule has 0 aromatic carbocycles. The van der Waals surface area contributed by atoms with Crippen molar-refractivity contribution in [3.63, 3.8) is 0 Å². The fraction of sp³-hybridized carbons (Fsp3) is 0.500. The number of carbonyl (C=O) groups excluding carboxylic acids is 2. The molecule has 0 amide bonds. The Hall–Kier alpha value is -1.15. The van der Waals surface area contributed by atoms with Gasteiger partial charge in [0.25, 0.3) is 0 Å². The smallest absolute Gasteiger partial charge is 0.235 e. The van der Waals surface area contributed by atoms with Crippen LogP contribution in [0.2, 0.25) is 0 Å². The van der Waals surface area contributed by atoms with Crippen LogP contribution < -0.4 is 5.11 Å². The molecule has 0 aliphatic rings. The van der Waals surface area contributed by atoms with Gasteiger partial charge in [-0.1, -0.05) is 0 Å². The van der Waals surface area contributed by atoms with Crippen molar-refractivity contribution >= 4 is 12.0 Å². The third-order valence-electron chi connectivity index (χ3n) is 0.587. The molecule has 4 nitrogen and oxygen atoms in total. The number of carbonyl (C=O) groups is 1. The highest BCUT2D eigenvalue weighted by Gasteiger charge is 1.95. The monoisotopic (exact) mass is 114 g/mol. The SMILES string of the molecule is CC(N=C=O)C(=O)[O-]. The summed E-state index contributed by atoms with van der Waals surface area (Å²) >= 11 is 0. The summed E-state index contributed by atoms with van der Waals surface area (Å²) in [6, 6.07) is -1.08. The van der Waals surface area contributed by atoms with Crippen LogP contribution in [0.4, 0.5) is 0 Å². The van der Waals surface area contributed by atoms with Crippen LogP contribution in [0, 0.1) is 0 Å². The molecule has 0 fully saturated rings. The number of rotatable bonds is 2. The molecule has 0 aromatic heterocycles. The molecule has 0 spiro atoms. The molecule has 0 bridgehead atoms. The van der Waals surface area contributed by atoms with Gasteiger partial charge in [-0.05, 0) is 6.92 Å². The topological polar surface area (TPSA) is 69.6 Å². The second-order valence-electron chi connectivity index (χ2n) is 1.22. The average molecular weight is 114 g/mol. The maximum Gasteiger partial charge on any atom is 0.235 e. The van der Waals surface area contributed by atoms with E-state index in [1.54, 1.807) is 0 Å². The number of aliphatic carboxylic acids is 1. The Balaban J connectivity index is 3.82. The summed E-state index contributed by atoms with van der Waals surface area (Å²) in [5.74, 6) is -1.37. The van der Waals surface area contributed by atoms with Crippen molar-refractivity contribution in [1.29, 1.82) is 0 Å². The largest absolute Gasteiger partial charge is 0.548 e. The highest BCUT2D eigenvalue weighted by molar-refractivity contribution is 5.71. The summed E-state index contributed by atoms with van der Waals surface area (Å²) in [4.78, 5) is 21.9. The maximum atomic E-state index is 9.71. The van der Waals surface area contributed by atoms with Crippen LogP contribution in [-0.4, -0.2) is 18.1 Å². The van der Waals surface area contributed by atoms with Crippen LogP contribution in [0.3, 0.4) is 0 Å². The Labute approximate surface area is 45.8 Å². The lowest BCUT2D eigenvalue weighted by Gasteiger charge is -2.01. The van der Waals surface area contributed by atoms with E-state index in [1.165, 1.54) is 6.92 Å². The van der Waals surface area contributed by atoms with Gasteiger partial charge >= 0.3 is 0 Å². The molecule has 0 radical (unpaired) electrons. The predicted octanol–water partition coefficient (Wildman–Crippen LogP) is -1.54. The van der Waals surface area contributed by atoms with Crippen molar-refractivity contribution in [2.75, 3.05) is 0 Å². The number of carboxylic acid groups (broad SMARTS) is 1. The molecule has 0 rings (SSSR count). The number of hydrogen-bond acceptors (Lipinski definition) is 4. The van der Waals surface area contributed by atoms with Gasteiger partial charge in [-0.15, -0.1) is 0 Å². The summed E-state index contributed by atoms with van der Waals surface area (Å²) in [6.45, 7) is 1.24. The molecule has 0 saturated heterocycles. The van der Waals surface area contributed by atoms with Crippen molar-refractivity contribution < 1.29 is 14.7 Å². The first-order valence-electron chi connectivity index (χ1n) is 1.96. The standard InChI is InChI=1S/C4H5NO3/c1-3(4(7)8)5-2-6/h3H,1H3,(H,7,8)/p-1. The fourth-order valence-electron chi connectivity index (χ4n) is 0.132. The number of isocyanates is 1. The Bertz CT molecular complexity index is 134. The van der Waals surface area contributed by atoms with Crippen LogP contribution in [0.15, 0.2) is 4.99 Å². The van der Waals surface area contributed by atoms with Crippen LogP contribution in [0.5, 0.6) is 0 Å². The van der Waals surface area contributed by atoms with Crippen LogP contribution in [0.1, 0.15) is 6.92 Å². The first-order valence-corrected chi connectivity index (χ1v) is 1.96. The summed E-state index contributed by atoms with van der Waals surface area (Å²) in [6.07, 6.45) is 1.10. The van der Waals surface area contributed by atoms with E-state index in [1.807, 2.05) is 0 Å². The minimum absolute atomic E-state index is 1.08. The van der Waals surface area contributed by atoms with E-state index in [2.05, 4.69) is 4.99 Å². The Morgan fingerprint density at radius 1 is 1.88 bits per heavy atom. The zero-order chi connectivity index (χ0) is 6.57. The normalized spacial score (nSPS) is 11.6. The summed E-state index contributed by atoms with van der Waals surface area (Å²) in [5.41, 5.74) is 0. The van der Waals surface area contributed by atoms with Crippen molar-refractivity contribution in [3.05, 3.63) is 0 Å². The highest BCUT2D eigenvalue weighted by Crippen LogP contribution is 1.81. The maximum absolute atomic E-state index is 9.71. The highest BCUT2D eigenvalue weighted by atomic mass is 16.4. The minimum Gasteiger partial charge on any atom is -0.548 e. The van der Waals surface area contributed by atoms with Gasteiger partial charge in [0, 0.05) is 0 Å². The summed E-state index contributed by atoms with van der Waals surface area (Å²) in [5, 5.41) is 9.71. The number of hydrogen-bond donors (Lipinski definition) is 0. The van der Waals surface area contributed by atoms with E-state index in [0.29, 0.717) is 0 Å². The van der Waals surface area contributed by atoms with E-state index in [0.717, 1.165) is 6.08 Å². The average Bonchev–Trinajstić information content (AvgIpc) is 1.67. The molecule has 0 saturated carbocycles. The van der Waals surface area contributed by atoms with E-state index >= 15 is 0 Å². The second-order valence-corrected chi connectivity index (χ2v) is 1.22. The van der Waals surface area contributed by atoms with Gasteiger partial charge in [0.2, 0.25) is 6.08 Å². The van der Waals surface area contributed by atoms with E-state index in [-0.39, 0.29) is 0 Å². The molecule has 0 aromatic rings. The Morgan fingerprint density at radius 3 is 2.50 bits per heavy atom. The molecule has 0 heterocycles. The first kappa shape index (κ1) is 6.85. The zero-order valence-electron chi connectivity index (χ0n) is 4.25. The molecule has 0 N–H and O–H groups in total. The third-order valence-corrected chi connectivity index (χ3v) is 0.587. The van der Waals surface area contributed by atoms with Crippen LogP contribution in [0.25, 0.3) is 0 Å². The van der Waals surface area contributed by atoms with Crippen LogP contribution in [-0.2, 0) is 9.59 Å². The minimum atomic E-state index is -1.37.